The SMILES string of the molecule is COc1ccc2cc(CN(C)C(=O)COC(=O)c3sccc3S(=O)(=O)NC3CC3)ccc2c1. The van der Waals surface area contributed by atoms with Gasteiger partial charge in [-0.2, -0.15) is 0 Å². The Bertz CT molecular complexity index is 1300. The Kier molecular flexibility index (Phi) is 6.68. The number of benzene rings is 2. The van der Waals surface area contributed by atoms with E-state index in [4.69, 9.17) is 9.47 Å². The number of thiophene rings is 1. The lowest BCUT2D eigenvalue weighted by atomic mass is 10.1. The number of nitrogens with zero attached hydrogens (tertiary/aromatic N) is 1. The first-order valence-electron chi connectivity index (χ1n) is 10.3. The summed E-state index contributed by atoms with van der Waals surface area (Å²) in [5, 5.41) is 3.56. The number of amides is 1. The first-order valence-corrected chi connectivity index (χ1v) is 12.7. The Balaban J connectivity index is 1.35. The molecule has 0 bridgehead atoms. The number of rotatable bonds is 9. The minimum Gasteiger partial charge on any atom is -0.497 e. The number of likely N-dealkylation sites (N-methyl/N-ethyl adjacent to an activating group) is 1. The molecule has 1 N–H and O–H groups in total. The molecule has 1 aromatic heterocycles. The van der Waals surface area contributed by atoms with E-state index in [-0.39, 0.29) is 15.8 Å². The highest BCUT2D eigenvalue weighted by Gasteiger charge is 2.32. The minimum absolute atomic E-state index is 0.0384. The van der Waals surface area contributed by atoms with Crippen LogP contribution in [0.15, 0.2) is 52.7 Å². The molecule has 1 amide bonds. The highest BCUT2D eigenvalue weighted by atomic mass is 32.2. The molecule has 174 valence electrons. The van der Waals surface area contributed by atoms with E-state index in [9.17, 15) is 18.0 Å². The van der Waals surface area contributed by atoms with E-state index < -0.39 is 28.5 Å². The Morgan fingerprint density at radius 1 is 1.12 bits per heavy atom. The number of hydrogen-bond acceptors (Lipinski definition) is 7. The second-order valence-corrected chi connectivity index (χ2v) is 10.5. The monoisotopic (exact) mass is 488 g/mol. The maximum absolute atomic E-state index is 12.5. The smallest absolute Gasteiger partial charge is 0.350 e. The standard InChI is InChI=1S/C23H24N2O6S2/c1-25(13-15-3-4-17-12-19(30-2)8-5-16(17)11-15)21(26)14-31-23(27)22-20(9-10-32-22)33(28,29)24-18-6-7-18/h3-5,8-12,18,24H,6-7,13-14H2,1-2H3. The summed E-state index contributed by atoms with van der Waals surface area (Å²) in [5.41, 5.74) is 0.924. The summed E-state index contributed by atoms with van der Waals surface area (Å²) in [6.07, 6.45) is 1.57. The largest absolute Gasteiger partial charge is 0.497 e. The molecule has 0 unspecified atom stereocenters. The highest BCUT2D eigenvalue weighted by molar-refractivity contribution is 7.89. The van der Waals surface area contributed by atoms with E-state index in [1.807, 2.05) is 36.4 Å². The number of carbonyl (C=O) groups excluding carboxylic acids is 2. The predicted molar refractivity (Wildman–Crippen MR) is 125 cm³/mol. The van der Waals surface area contributed by atoms with Crippen molar-refractivity contribution in [3.8, 4) is 5.75 Å². The molecule has 33 heavy (non-hydrogen) atoms. The zero-order valence-electron chi connectivity index (χ0n) is 18.2. The Morgan fingerprint density at radius 3 is 2.58 bits per heavy atom. The number of esters is 1. The molecule has 2 aromatic carbocycles. The fourth-order valence-corrected chi connectivity index (χ4v) is 5.92. The molecular weight excluding hydrogens is 464 g/mol. The van der Waals surface area contributed by atoms with Gasteiger partial charge in [0.1, 0.15) is 15.5 Å². The molecule has 0 radical (unpaired) electrons. The fraction of sp³-hybridized carbons (Fsp3) is 0.304. The maximum atomic E-state index is 12.5. The molecule has 0 aliphatic heterocycles. The van der Waals surface area contributed by atoms with Crippen LogP contribution < -0.4 is 9.46 Å². The number of fused-ring (bicyclic) bond motifs is 1. The summed E-state index contributed by atoms with van der Waals surface area (Å²) < 4.78 is 37.8. The molecular formula is C23H24N2O6S2. The van der Waals surface area contributed by atoms with Crippen molar-refractivity contribution in [3.05, 3.63) is 58.3 Å². The van der Waals surface area contributed by atoms with Crippen molar-refractivity contribution < 1.29 is 27.5 Å². The fourth-order valence-electron chi connectivity index (χ4n) is 3.31. The number of sulfonamides is 1. The maximum Gasteiger partial charge on any atom is 0.350 e. The molecule has 0 atom stereocenters. The van der Waals surface area contributed by atoms with Crippen molar-refractivity contribution in [2.45, 2.75) is 30.3 Å². The summed E-state index contributed by atoms with van der Waals surface area (Å²) in [6, 6.07) is 12.9. The lowest BCUT2D eigenvalue weighted by Crippen LogP contribution is -2.31. The van der Waals surface area contributed by atoms with Gasteiger partial charge in [-0.05, 0) is 58.8 Å². The lowest BCUT2D eigenvalue weighted by Gasteiger charge is -2.17. The average molecular weight is 489 g/mol. The number of ether oxygens (including phenoxy) is 2. The van der Waals surface area contributed by atoms with Crippen LogP contribution in [0, 0.1) is 0 Å². The van der Waals surface area contributed by atoms with Gasteiger partial charge >= 0.3 is 5.97 Å². The summed E-state index contributed by atoms with van der Waals surface area (Å²) in [6.45, 7) is -0.143. The molecule has 1 fully saturated rings. The molecule has 1 aliphatic carbocycles. The first kappa shape index (κ1) is 23.2. The molecule has 1 saturated carbocycles. The number of hydrogen-bond donors (Lipinski definition) is 1. The van der Waals surface area contributed by atoms with Gasteiger partial charge in [0.15, 0.2) is 6.61 Å². The lowest BCUT2D eigenvalue weighted by molar-refractivity contribution is -0.133. The Hall–Kier alpha value is -2.95. The highest BCUT2D eigenvalue weighted by Crippen LogP contribution is 2.27. The topological polar surface area (TPSA) is 102 Å². The number of methoxy groups -OCH3 is 1. The molecule has 3 aromatic rings. The van der Waals surface area contributed by atoms with Crippen molar-refractivity contribution in [1.82, 2.24) is 9.62 Å². The van der Waals surface area contributed by atoms with Gasteiger partial charge in [0, 0.05) is 19.6 Å². The number of nitrogens with one attached hydrogen (secondary N) is 1. The molecule has 1 aliphatic rings. The minimum atomic E-state index is -3.79. The van der Waals surface area contributed by atoms with Gasteiger partial charge in [0.25, 0.3) is 5.91 Å². The molecule has 0 saturated heterocycles. The third-order valence-corrected chi connectivity index (χ3v) is 7.87. The summed E-state index contributed by atoms with van der Waals surface area (Å²) >= 11 is 0.971. The number of carbonyl (C=O) groups is 2. The van der Waals surface area contributed by atoms with Gasteiger partial charge in [0.2, 0.25) is 10.0 Å². The van der Waals surface area contributed by atoms with E-state index in [1.165, 1.54) is 16.3 Å². The van der Waals surface area contributed by atoms with E-state index in [0.717, 1.165) is 46.3 Å². The van der Waals surface area contributed by atoms with Crippen LogP contribution in [-0.4, -0.2) is 52.0 Å². The summed E-state index contributed by atoms with van der Waals surface area (Å²) in [5.74, 6) is -0.452. The normalized spacial score (nSPS) is 13.6. The zero-order valence-corrected chi connectivity index (χ0v) is 19.9. The zero-order chi connectivity index (χ0) is 23.6. The van der Waals surface area contributed by atoms with Crippen LogP contribution in [0.2, 0.25) is 0 Å². The van der Waals surface area contributed by atoms with Gasteiger partial charge in [-0.1, -0.05) is 18.2 Å². The Morgan fingerprint density at radius 2 is 1.85 bits per heavy atom. The summed E-state index contributed by atoms with van der Waals surface area (Å²) in [7, 11) is -0.554. The third-order valence-electron chi connectivity index (χ3n) is 5.29. The van der Waals surface area contributed by atoms with Gasteiger partial charge in [-0.3, -0.25) is 4.79 Å². The van der Waals surface area contributed by atoms with Gasteiger partial charge < -0.3 is 14.4 Å². The second kappa shape index (κ2) is 9.50. The van der Waals surface area contributed by atoms with Gasteiger partial charge in [-0.25, -0.2) is 17.9 Å². The van der Waals surface area contributed by atoms with Crippen molar-refractivity contribution >= 4 is 44.0 Å². The molecule has 0 spiro atoms. The predicted octanol–water partition coefficient (Wildman–Crippen LogP) is 3.17. The summed E-state index contributed by atoms with van der Waals surface area (Å²) in [4.78, 5) is 26.3. The van der Waals surface area contributed by atoms with Crippen LogP contribution in [0.1, 0.15) is 28.1 Å². The van der Waals surface area contributed by atoms with E-state index in [0.29, 0.717) is 6.54 Å². The van der Waals surface area contributed by atoms with Crippen LogP contribution in [0.5, 0.6) is 5.75 Å². The van der Waals surface area contributed by atoms with Crippen molar-refractivity contribution in [3.63, 3.8) is 0 Å². The molecule has 10 heteroatoms. The molecule has 8 nitrogen and oxygen atoms in total. The Labute approximate surface area is 196 Å². The average Bonchev–Trinajstić information content (AvgIpc) is 3.45. The van der Waals surface area contributed by atoms with Gasteiger partial charge in [-0.15, -0.1) is 11.3 Å². The second-order valence-electron chi connectivity index (χ2n) is 7.88. The van der Waals surface area contributed by atoms with Crippen LogP contribution >= 0.6 is 11.3 Å². The van der Waals surface area contributed by atoms with E-state index >= 15 is 0 Å². The van der Waals surface area contributed by atoms with Crippen molar-refractivity contribution in [2.75, 3.05) is 20.8 Å². The van der Waals surface area contributed by atoms with Crippen LogP contribution in [0.3, 0.4) is 0 Å². The first-order chi connectivity index (χ1) is 15.8. The molecule has 1 heterocycles. The van der Waals surface area contributed by atoms with Gasteiger partial charge in [0.05, 0.1) is 7.11 Å². The quantitative estimate of drug-likeness (QED) is 0.464. The van der Waals surface area contributed by atoms with E-state index in [2.05, 4.69) is 4.72 Å². The van der Waals surface area contributed by atoms with Crippen molar-refractivity contribution in [2.24, 2.45) is 0 Å². The van der Waals surface area contributed by atoms with Crippen LogP contribution in [-0.2, 0) is 26.1 Å². The van der Waals surface area contributed by atoms with E-state index in [1.54, 1.807) is 14.2 Å². The molecule has 4 rings (SSSR count). The van der Waals surface area contributed by atoms with Crippen LogP contribution in [0.4, 0.5) is 0 Å². The van der Waals surface area contributed by atoms with Crippen LogP contribution in [0.25, 0.3) is 10.8 Å². The van der Waals surface area contributed by atoms with Crippen molar-refractivity contribution in [1.29, 1.82) is 0 Å². The third kappa shape index (κ3) is 5.52.